The van der Waals surface area contributed by atoms with Crippen molar-refractivity contribution in [1.82, 2.24) is 15.6 Å². The largest absolute Gasteiger partial charge is 0.478 e. The van der Waals surface area contributed by atoms with Crippen LogP contribution in [0.5, 0.6) is 0 Å². The number of para-hydroxylation sites is 1. The summed E-state index contributed by atoms with van der Waals surface area (Å²) in [6, 6.07) is 7.78. The topological polar surface area (TPSA) is 145 Å². The summed E-state index contributed by atoms with van der Waals surface area (Å²) in [5.41, 5.74) is 9.28. The SMILES string of the molecule is NC(=O)C1NN(CC(=O)N2[C@@H]3CC[C@@H](C3)[C@H]2C(=O)NCc2c(C(=O)O)ccc(Cl)c2F)c2ccccc21. The third-order valence-corrected chi connectivity index (χ3v) is 7.70. The van der Waals surface area contributed by atoms with Crippen LogP contribution in [0.25, 0.3) is 0 Å². The number of carbonyl (C=O) groups excluding carboxylic acids is 3. The molecule has 1 unspecified atom stereocenters. The number of carbonyl (C=O) groups is 4. The average molecular weight is 530 g/mol. The summed E-state index contributed by atoms with van der Waals surface area (Å²) in [5.74, 6) is -3.68. The number of aromatic carboxylic acids is 1. The molecule has 4 atom stereocenters. The van der Waals surface area contributed by atoms with E-state index < -0.39 is 35.7 Å². The second-order valence-corrected chi connectivity index (χ2v) is 9.90. The van der Waals surface area contributed by atoms with Crippen LogP contribution in [0.3, 0.4) is 0 Å². The number of amides is 3. The van der Waals surface area contributed by atoms with Crippen LogP contribution in [0.15, 0.2) is 36.4 Å². The monoisotopic (exact) mass is 529 g/mol. The van der Waals surface area contributed by atoms with E-state index in [0.29, 0.717) is 17.7 Å². The van der Waals surface area contributed by atoms with E-state index in [1.54, 1.807) is 34.2 Å². The zero-order valence-electron chi connectivity index (χ0n) is 19.6. The summed E-state index contributed by atoms with van der Waals surface area (Å²) in [5, 5.41) is 13.3. The Morgan fingerprint density at radius 3 is 2.65 bits per heavy atom. The van der Waals surface area contributed by atoms with Gasteiger partial charge in [-0.3, -0.25) is 19.4 Å². The third-order valence-electron chi connectivity index (χ3n) is 7.41. The molecule has 0 radical (unpaired) electrons. The fraction of sp³-hybridized carbons (Fsp3) is 0.360. The molecular formula is C25H25ClFN5O5. The lowest BCUT2D eigenvalue weighted by atomic mass is 9.97. The highest BCUT2D eigenvalue weighted by atomic mass is 35.5. The summed E-state index contributed by atoms with van der Waals surface area (Å²) >= 11 is 5.82. The van der Waals surface area contributed by atoms with E-state index in [0.717, 1.165) is 18.9 Å². The lowest BCUT2D eigenvalue weighted by Crippen LogP contribution is -2.56. The van der Waals surface area contributed by atoms with Gasteiger partial charge in [-0.15, -0.1) is 0 Å². The molecule has 5 rings (SSSR count). The number of piperidine rings is 1. The Morgan fingerprint density at radius 1 is 1.16 bits per heavy atom. The Balaban J connectivity index is 1.33. The van der Waals surface area contributed by atoms with E-state index in [1.807, 2.05) is 0 Å². The smallest absolute Gasteiger partial charge is 0.336 e. The first-order valence-corrected chi connectivity index (χ1v) is 12.3. The molecule has 0 aromatic heterocycles. The normalized spacial score (nSPS) is 23.7. The lowest BCUT2D eigenvalue weighted by molar-refractivity contribution is -0.142. The van der Waals surface area contributed by atoms with Crippen molar-refractivity contribution in [2.45, 2.75) is 43.9 Å². The van der Waals surface area contributed by atoms with Gasteiger partial charge in [0.2, 0.25) is 17.7 Å². The molecule has 5 N–H and O–H groups in total. The number of hydrogen-bond donors (Lipinski definition) is 4. The summed E-state index contributed by atoms with van der Waals surface area (Å²) in [4.78, 5) is 51.8. The number of nitrogens with zero attached hydrogens (tertiary/aromatic N) is 2. The Kier molecular flexibility index (Phi) is 6.50. The molecule has 2 aliphatic heterocycles. The molecular weight excluding hydrogens is 505 g/mol. The highest BCUT2D eigenvalue weighted by Gasteiger charge is 2.51. The molecule has 2 aromatic rings. The van der Waals surface area contributed by atoms with Crippen LogP contribution < -0.4 is 21.5 Å². The third kappa shape index (κ3) is 4.38. The number of carboxylic acids is 1. The fourth-order valence-corrected chi connectivity index (χ4v) is 5.94. The summed E-state index contributed by atoms with van der Waals surface area (Å²) in [7, 11) is 0. The standard InChI is InChI=1S/C25H25ClFN5O5/c26-17-8-7-14(25(36)37)16(20(17)27)10-29-24(35)22-12-5-6-13(9-12)32(22)19(33)11-31-18-4-2-1-3-15(18)21(30-31)23(28)34/h1-4,7-8,12-13,21-22,30H,5-6,9-11H2,(H2,28,34)(H,29,35)(H,36,37)/t12-,13+,21?,22-/m0/s1. The van der Waals surface area contributed by atoms with Gasteiger partial charge >= 0.3 is 5.97 Å². The summed E-state index contributed by atoms with van der Waals surface area (Å²) < 4.78 is 14.6. The van der Waals surface area contributed by atoms with E-state index in [2.05, 4.69) is 10.7 Å². The summed E-state index contributed by atoms with van der Waals surface area (Å²) in [6.45, 7) is -0.510. The van der Waals surface area contributed by atoms with Crippen LogP contribution in [0.4, 0.5) is 10.1 Å². The Labute approximate surface area is 216 Å². The minimum Gasteiger partial charge on any atom is -0.478 e. The second-order valence-electron chi connectivity index (χ2n) is 9.49. The number of hydrazine groups is 1. The molecule has 0 spiro atoms. The lowest BCUT2D eigenvalue weighted by Gasteiger charge is -2.35. The van der Waals surface area contributed by atoms with E-state index in [9.17, 15) is 28.7 Å². The van der Waals surface area contributed by atoms with Crippen molar-refractivity contribution >= 4 is 41.0 Å². The number of primary amides is 1. The zero-order chi connectivity index (χ0) is 26.4. The van der Waals surface area contributed by atoms with E-state index in [-0.39, 0.29) is 47.1 Å². The second kappa shape index (κ2) is 9.64. The number of hydrogen-bond acceptors (Lipinski definition) is 6. The molecule has 1 saturated heterocycles. The number of carboxylic acid groups (broad SMARTS) is 1. The van der Waals surface area contributed by atoms with Crippen LogP contribution in [0.1, 0.15) is 46.8 Å². The molecule has 12 heteroatoms. The molecule has 2 fully saturated rings. The minimum absolute atomic E-state index is 0.0608. The average Bonchev–Trinajstić information content (AvgIpc) is 3.58. The van der Waals surface area contributed by atoms with Crippen molar-refractivity contribution in [3.63, 3.8) is 0 Å². The number of benzene rings is 2. The first-order chi connectivity index (χ1) is 17.7. The molecule has 194 valence electrons. The maximum Gasteiger partial charge on any atom is 0.336 e. The van der Waals surface area contributed by atoms with E-state index in [4.69, 9.17) is 17.3 Å². The van der Waals surface area contributed by atoms with Crippen molar-refractivity contribution < 1.29 is 28.7 Å². The number of likely N-dealkylation sites (tertiary alicyclic amines) is 1. The minimum atomic E-state index is -1.34. The van der Waals surface area contributed by atoms with Crippen LogP contribution in [-0.4, -0.2) is 52.3 Å². The number of fused-ring (bicyclic) bond motifs is 3. The first kappa shape index (κ1) is 25.0. The molecule has 1 saturated carbocycles. The Bertz CT molecular complexity index is 1310. The molecule has 37 heavy (non-hydrogen) atoms. The number of rotatable bonds is 7. The van der Waals surface area contributed by atoms with E-state index >= 15 is 0 Å². The van der Waals surface area contributed by atoms with Gasteiger partial charge in [-0.2, -0.15) is 0 Å². The Morgan fingerprint density at radius 2 is 1.92 bits per heavy atom. The molecule has 2 heterocycles. The summed E-state index contributed by atoms with van der Waals surface area (Å²) in [6.07, 6.45) is 2.21. The first-order valence-electron chi connectivity index (χ1n) is 11.9. The van der Waals surface area contributed by atoms with Crippen molar-refractivity contribution in [1.29, 1.82) is 0 Å². The predicted molar refractivity (Wildman–Crippen MR) is 131 cm³/mol. The van der Waals surface area contributed by atoms with Crippen molar-refractivity contribution in [3.05, 3.63) is 63.9 Å². The van der Waals surface area contributed by atoms with Gasteiger partial charge in [0.1, 0.15) is 24.4 Å². The molecule has 2 bridgehead atoms. The number of nitrogens with two attached hydrogens (primary N) is 1. The molecule has 3 amide bonds. The van der Waals surface area contributed by atoms with Gasteiger partial charge in [0.15, 0.2) is 0 Å². The molecule has 3 aliphatic rings. The highest BCUT2D eigenvalue weighted by molar-refractivity contribution is 6.31. The van der Waals surface area contributed by atoms with Gasteiger partial charge < -0.3 is 21.1 Å². The predicted octanol–water partition coefficient (Wildman–Crippen LogP) is 1.72. The molecule has 2 aromatic carbocycles. The quantitative estimate of drug-likeness (QED) is 0.427. The van der Waals surface area contributed by atoms with Crippen molar-refractivity contribution in [2.24, 2.45) is 11.7 Å². The highest BCUT2D eigenvalue weighted by Crippen LogP contribution is 2.43. The van der Waals surface area contributed by atoms with Gasteiger partial charge in [-0.05, 0) is 43.4 Å². The Hall–Kier alpha value is -3.70. The van der Waals surface area contributed by atoms with Crippen molar-refractivity contribution in [2.75, 3.05) is 11.6 Å². The van der Waals surface area contributed by atoms with Crippen LogP contribution >= 0.6 is 11.6 Å². The molecule has 10 nitrogen and oxygen atoms in total. The van der Waals surface area contributed by atoms with Gasteiger partial charge in [0.05, 0.1) is 16.3 Å². The molecule has 1 aliphatic carbocycles. The number of halogens is 2. The van der Waals surface area contributed by atoms with Crippen LogP contribution in [0.2, 0.25) is 5.02 Å². The van der Waals surface area contributed by atoms with Crippen molar-refractivity contribution in [3.8, 4) is 0 Å². The maximum absolute atomic E-state index is 14.6. The van der Waals surface area contributed by atoms with Crippen LogP contribution in [-0.2, 0) is 20.9 Å². The number of nitrogens with one attached hydrogen (secondary N) is 2. The number of anilines is 1. The fourth-order valence-electron chi connectivity index (χ4n) is 5.77. The van der Waals surface area contributed by atoms with Gasteiger partial charge in [-0.25, -0.2) is 14.6 Å². The van der Waals surface area contributed by atoms with Crippen LogP contribution in [0, 0.1) is 11.7 Å². The van der Waals surface area contributed by atoms with E-state index in [1.165, 1.54) is 6.07 Å². The zero-order valence-corrected chi connectivity index (χ0v) is 20.4. The maximum atomic E-state index is 14.6. The van der Waals surface area contributed by atoms with Gasteiger partial charge in [0.25, 0.3) is 0 Å². The van der Waals surface area contributed by atoms with Gasteiger partial charge in [-0.1, -0.05) is 29.8 Å². The van der Waals surface area contributed by atoms with Gasteiger partial charge in [0, 0.05) is 23.7 Å².